The van der Waals surface area contributed by atoms with Crippen LogP contribution in [0.2, 0.25) is 0 Å². The Hall–Kier alpha value is -1.24. The number of aromatic amines is 1. The molecule has 0 unspecified atom stereocenters. The van der Waals surface area contributed by atoms with Gasteiger partial charge in [-0.2, -0.15) is 0 Å². The predicted molar refractivity (Wildman–Crippen MR) is 87.3 cm³/mol. The summed E-state index contributed by atoms with van der Waals surface area (Å²) < 4.78 is 0. The molecule has 0 bridgehead atoms. The Morgan fingerprint density at radius 2 is 1.35 bits per heavy atom. The maximum Gasteiger partial charge on any atom is 0.0260 e. The number of nitrogens with one attached hydrogen (secondary N) is 1. The SMILES string of the molecule is Cc1[nH]c(C2CCCCCCCCC2)c2ccccc12. The number of rotatable bonds is 1. The second kappa shape index (κ2) is 6.47. The topological polar surface area (TPSA) is 15.8 Å². The van der Waals surface area contributed by atoms with Crippen LogP contribution in [0.5, 0.6) is 0 Å². The first-order valence-electron chi connectivity index (χ1n) is 8.43. The van der Waals surface area contributed by atoms with E-state index in [4.69, 9.17) is 0 Å². The fourth-order valence-electron chi connectivity index (χ4n) is 3.80. The van der Waals surface area contributed by atoms with Crippen molar-refractivity contribution in [3.05, 3.63) is 35.7 Å². The molecule has 2 aromatic rings. The fraction of sp³-hybridized carbons (Fsp3) is 0.579. The van der Waals surface area contributed by atoms with Crippen molar-refractivity contribution in [1.82, 2.24) is 4.98 Å². The lowest BCUT2D eigenvalue weighted by atomic mass is 9.88. The maximum atomic E-state index is 3.71. The van der Waals surface area contributed by atoms with E-state index >= 15 is 0 Å². The molecule has 108 valence electrons. The average Bonchev–Trinajstić information content (AvgIpc) is 2.82. The zero-order valence-corrected chi connectivity index (χ0v) is 12.8. The molecule has 1 N–H and O–H groups in total. The minimum atomic E-state index is 0.742. The van der Waals surface area contributed by atoms with Crippen LogP contribution >= 0.6 is 0 Å². The number of benzene rings is 1. The molecule has 1 aromatic heterocycles. The molecule has 0 atom stereocenters. The highest BCUT2D eigenvalue weighted by Crippen LogP contribution is 2.34. The highest BCUT2D eigenvalue weighted by atomic mass is 14.7. The van der Waals surface area contributed by atoms with Crippen molar-refractivity contribution in [2.75, 3.05) is 0 Å². The van der Waals surface area contributed by atoms with Gasteiger partial charge in [0.05, 0.1) is 0 Å². The van der Waals surface area contributed by atoms with E-state index in [2.05, 4.69) is 36.2 Å². The Morgan fingerprint density at radius 3 is 2.00 bits per heavy atom. The summed E-state index contributed by atoms with van der Waals surface area (Å²) in [7, 11) is 0. The summed E-state index contributed by atoms with van der Waals surface area (Å²) in [4.78, 5) is 3.71. The molecule has 1 heterocycles. The van der Waals surface area contributed by atoms with Crippen molar-refractivity contribution in [2.45, 2.75) is 70.6 Å². The summed E-state index contributed by atoms with van der Waals surface area (Å²) in [5.74, 6) is 0.742. The van der Waals surface area contributed by atoms with Gasteiger partial charge in [0.15, 0.2) is 0 Å². The zero-order valence-electron chi connectivity index (χ0n) is 12.8. The van der Waals surface area contributed by atoms with E-state index in [-0.39, 0.29) is 0 Å². The molecule has 1 nitrogen and oxygen atoms in total. The summed E-state index contributed by atoms with van der Waals surface area (Å²) in [6.45, 7) is 2.21. The van der Waals surface area contributed by atoms with Gasteiger partial charge in [0.2, 0.25) is 0 Å². The van der Waals surface area contributed by atoms with Gasteiger partial charge >= 0.3 is 0 Å². The van der Waals surface area contributed by atoms with E-state index in [1.54, 1.807) is 0 Å². The van der Waals surface area contributed by atoms with Crippen LogP contribution in [0.4, 0.5) is 0 Å². The molecule has 1 aromatic carbocycles. The van der Waals surface area contributed by atoms with Gasteiger partial charge in [0.1, 0.15) is 0 Å². The molecule has 1 saturated carbocycles. The second-order valence-electron chi connectivity index (χ2n) is 6.46. The van der Waals surface area contributed by atoms with Crippen LogP contribution < -0.4 is 0 Å². The maximum absolute atomic E-state index is 3.71. The molecule has 20 heavy (non-hydrogen) atoms. The zero-order chi connectivity index (χ0) is 13.8. The minimum Gasteiger partial charge on any atom is -0.361 e. The van der Waals surface area contributed by atoms with Crippen LogP contribution in [0.1, 0.15) is 75.1 Å². The highest BCUT2D eigenvalue weighted by molar-refractivity contribution is 5.88. The van der Waals surface area contributed by atoms with E-state index in [9.17, 15) is 0 Å². The van der Waals surface area contributed by atoms with Gasteiger partial charge in [-0.25, -0.2) is 0 Å². The van der Waals surface area contributed by atoms with Crippen LogP contribution in [-0.4, -0.2) is 4.98 Å². The number of hydrogen-bond acceptors (Lipinski definition) is 0. The van der Waals surface area contributed by atoms with E-state index in [1.807, 2.05) is 0 Å². The molecule has 1 aliphatic rings. The Kier molecular flexibility index (Phi) is 4.44. The van der Waals surface area contributed by atoms with Crippen molar-refractivity contribution in [3.8, 4) is 0 Å². The standard InChI is InChI=1S/C19H27N/c1-15-17-13-9-10-14-18(17)19(20-15)16-11-7-5-3-2-4-6-8-12-16/h9-10,13-14,16,20H,2-8,11-12H2,1H3. The largest absolute Gasteiger partial charge is 0.361 e. The van der Waals surface area contributed by atoms with Gasteiger partial charge in [-0.05, 0) is 25.7 Å². The van der Waals surface area contributed by atoms with Gasteiger partial charge in [0, 0.05) is 22.2 Å². The summed E-state index contributed by atoms with van der Waals surface area (Å²) >= 11 is 0. The number of hydrogen-bond donors (Lipinski definition) is 1. The molecule has 0 radical (unpaired) electrons. The van der Waals surface area contributed by atoms with Gasteiger partial charge in [-0.1, -0.05) is 69.2 Å². The monoisotopic (exact) mass is 269 g/mol. The van der Waals surface area contributed by atoms with E-state index in [0.717, 1.165) is 5.92 Å². The first-order valence-corrected chi connectivity index (χ1v) is 8.43. The smallest absolute Gasteiger partial charge is 0.0260 e. The fourth-order valence-corrected chi connectivity index (χ4v) is 3.80. The second-order valence-corrected chi connectivity index (χ2v) is 6.46. The number of fused-ring (bicyclic) bond motifs is 1. The summed E-state index contributed by atoms with van der Waals surface area (Å²) in [5.41, 5.74) is 2.85. The Labute approximate surface area is 122 Å². The highest BCUT2D eigenvalue weighted by Gasteiger charge is 2.17. The normalized spacial score (nSPS) is 19.2. The average molecular weight is 269 g/mol. The third-order valence-corrected chi connectivity index (χ3v) is 4.96. The van der Waals surface area contributed by atoms with Gasteiger partial charge in [-0.15, -0.1) is 0 Å². The molecule has 0 aliphatic heterocycles. The van der Waals surface area contributed by atoms with Crippen LogP contribution in [-0.2, 0) is 0 Å². The summed E-state index contributed by atoms with van der Waals surface area (Å²) in [5, 5.41) is 2.88. The molecular formula is C19H27N. The molecular weight excluding hydrogens is 242 g/mol. The first-order chi connectivity index (χ1) is 9.86. The molecule has 1 heteroatoms. The van der Waals surface area contributed by atoms with Crippen LogP contribution in [0, 0.1) is 6.92 Å². The lowest BCUT2D eigenvalue weighted by Gasteiger charge is -2.18. The molecule has 1 aliphatic carbocycles. The van der Waals surface area contributed by atoms with Crippen molar-refractivity contribution >= 4 is 10.8 Å². The van der Waals surface area contributed by atoms with Crippen molar-refractivity contribution in [1.29, 1.82) is 0 Å². The Morgan fingerprint density at radius 1 is 0.800 bits per heavy atom. The van der Waals surface area contributed by atoms with Gasteiger partial charge < -0.3 is 4.98 Å². The van der Waals surface area contributed by atoms with E-state index in [1.165, 1.54) is 79.9 Å². The molecule has 3 rings (SSSR count). The summed E-state index contributed by atoms with van der Waals surface area (Å²) in [6, 6.07) is 8.89. The first kappa shape index (κ1) is 13.7. The van der Waals surface area contributed by atoms with Crippen LogP contribution in [0.15, 0.2) is 24.3 Å². The number of H-pyrrole nitrogens is 1. The van der Waals surface area contributed by atoms with E-state index < -0.39 is 0 Å². The quantitative estimate of drug-likeness (QED) is 0.645. The van der Waals surface area contributed by atoms with Gasteiger partial charge in [0.25, 0.3) is 0 Å². The van der Waals surface area contributed by atoms with Crippen LogP contribution in [0.3, 0.4) is 0 Å². The predicted octanol–water partition coefficient (Wildman–Crippen LogP) is 6.08. The molecule has 0 amide bonds. The van der Waals surface area contributed by atoms with Crippen LogP contribution in [0.25, 0.3) is 10.8 Å². The van der Waals surface area contributed by atoms with Crippen molar-refractivity contribution in [2.24, 2.45) is 0 Å². The minimum absolute atomic E-state index is 0.742. The lowest BCUT2D eigenvalue weighted by Crippen LogP contribution is -2.02. The number of aromatic nitrogens is 1. The third kappa shape index (κ3) is 2.92. The molecule has 0 saturated heterocycles. The van der Waals surface area contributed by atoms with Crippen molar-refractivity contribution < 1.29 is 0 Å². The summed E-state index contributed by atoms with van der Waals surface area (Å²) in [6.07, 6.45) is 12.7. The number of aryl methyl sites for hydroxylation is 1. The third-order valence-electron chi connectivity index (χ3n) is 4.96. The lowest BCUT2D eigenvalue weighted by molar-refractivity contribution is 0.459. The molecule has 1 fully saturated rings. The van der Waals surface area contributed by atoms with Gasteiger partial charge in [-0.3, -0.25) is 0 Å². The molecule has 0 spiro atoms. The van der Waals surface area contributed by atoms with E-state index in [0.29, 0.717) is 0 Å². The Balaban J connectivity index is 1.87. The van der Waals surface area contributed by atoms with Crippen molar-refractivity contribution in [3.63, 3.8) is 0 Å². The Bertz CT molecular complexity index is 542.